The molecule has 0 aliphatic heterocycles. The first-order valence-electron chi connectivity index (χ1n) is 8.74. The molecular formula is C17H34N2OS. The van der Waals surface area contributed by atoms with Crippen LogP contribution in [0.3, 0.4) is 0 Å². The molecule has 0 fully saturated rings. The van der Waals surface area contributed by atoms with E-state index in [2.05, 4.69) is 24.1 Å². The molecular weight excluding hydrogens is 280 g/mol. The number of carbonyl (C=O) groups is 1. The number of amides is 1. The predicted molar refractivity (Wildman–Crippen MR) is 95.5 cm³/mol. The second-order valence-electron chi connectivity index (χ2n) is 5.71. The van der Waals surface area contributed by atoms with Crippen LogP contribution in [-0.2, 0) is 4.79 Å². The zero-order valence-electron chi connectivity index (χ0n) is 14.2. The van der Waals surface area contributed by atoms with E-state index >= 15 is 0 Å². The molecule has 0 aromatic carbocycles. The monoisotopic (exact) mass is 314 g/mol. The largest absolute Gasteiger partial charge is 0.349 e. The number of nitrogens with one attached hydrogen (secondary N) is 1. The van der Waals surface area contributed by atoms with Gasteiger partial charge in [0.2, 0.25) is 5.91 Å². The summed E-state index contributed by atoms with van der Waals surface area (Å²) >= 11 is 5.42. The van der Waals surface area contributed by atoms with Crippen molar-refractivity contribution in [3.05, 3.63) is 0 Å². The van der Waals surface area contributed by atoms with Crippen molar-refractivity contribution in [1.29, 1.82) is 0 Å². The first-order valence-corrected chi connectivity index (χ1v) is 9.15. The minimum Gasteiger partial charge on any atom is -0.349 e. The molecule has 0 atom stereocenters. The molecule has 0 saturated heterocycles. The van der Waals surface area contributed by atoms with E-state index < -0.39 is 0 Å². The Balaban J connectivity index is 4.19. The Kier molecular flexibility index (Phi) is 13.9. The van der Waals surface area contributed by atoms with E-state index in [4.69, 9.17) is 12.2 Å². The van der Waals surface area contributed by atoms with Crippen molar-refractivity contribution in [3.63, 3.8) is 0 Å². The Hall–Kier alpha value is -0.640. The topological polar surface area (TPSA) is 32.3 Å². The molecule has 0 rings (SSSR count). The van der Waals surface area contributed by atoms with Crippen LogP contribution in [0.15, 0.2) is 0 Å². The van der Waals surface area contributed by atoms with Gasteiger partial charge in [0.05, 0.1) is 0 Å². The minimum atomic E-state index is 0.0506. The molecule has 0 aliphatic rings. The lowest BCUT2D eigenvalue weighted by molar-refractivity contribution is -0.119. The summed E-state index contributed by atoms with van der Waals surface area (Å²) in [6.07, 6.45) is 11.3. The standard InChI is InChI=1S/C17H34N2OS/c1-4-7-9-11-14-19(15-12-10-8-5-2)17(21)18-16(20)13-6-3/h4-15H2,1-3H3,(H,18,20,21). The summed E-state index contributed by atoms with van der Waals surface area (Å²) in [4.78, 5) is 13.9. The summed E-state index contributed by atoms with van der Waals surface area (Å²) in [5.74, 6) is 0.0506. The molecule has 0 heterocycles. The van der Waals surface area contributed by atoms with Crippen molar-refractivity contribution in [1.82, 2.24) is 10.2 Å². The molecule has 124 valence electrons. The van der Waals surface area contributed by atoms with E-state index in [-0.39, 0.29) is 5.91 Å². The Bertz CT molecular complexity index is 270. The lowest BCUT2D eigenvalue weighted by atomic mass is 10.2. The first kappa shape index (κ1) is 20.4. The third-order valence-electron chi connectivity index (χ3n) is 3.57. The maximum Gasteiger partial charge on any atom is 0.226 e. The highest BCUT2D eigenvalue weighted by atomic mass is 32.1. The van der Waals surface area contributed by atoms with Gasteiger partial charge in [0.25, 0.3) is 0 Å². The summed E-state index contributed by atoms with van der Waals surface area (Å²) < 4.78 is 0. The lowest BCUT2D eigenvalue weighted by Crippen LogP contribution is -2.43. The van der Waals surface area contributed by atoms with Crippen molar-refractivity contribution in [2.24, 2.45) is 0 Å². The molecule has 1 amide bonds. The highest BCUT2D eigenvalue weighted by Gasteiger charge is 2.11. The van der Waals surface area contributed by atoms with Crippen molar-refractivity contribution in [3.8, 4) is 0 Å². The zero-order valence-corrected chi connectivity index (χ0v) is 15.1. The third kappa shape index (κ3) is 11.7. The van der Waals surface area contributed by atoms with Crippen molar-refractivity contribution in [2.45, 2.75) is 85.0 Å². The smallest absolute Gasteiger partial charge is 0.226 e. The van der Waals surface area contributed by atoms with Gasteiger partial charge in [-0.25, -0.2) is 0 Å². The van der Waals surface area contributed by atoms with Crippen LogP contribution in [0, 0.1) is 0 Å². The normalized spacial score (nSPS) is 10.4. The van der Waals surface area contributed by atoms with Crippen molar-refractivity contribution >= 4 is 23.2 Å². The summed E-state index contributed by atoms with van der Waals surface area (Å²) in [6, 6.07) is 0. The van der Waals surface area contributed by atoms with E-state index in [0.29, 0.717) is 11.5 Å². The van der Waals surface area contributed by atoms with E-state index in [1.165, 1.54) is 38.5 Å². The molecule has 0 unspecified atom stereocenters. The molecule has 0 spiro atoms. The van der Waals surface area contributed by atoms with E-state index in [9.17, 15) is 4.79 Å². The second kappa shape index (κ2) is 14.3. The Morgan fingerprint density at radius 2 is 1.38 bits per heavy atom. The van der Waals surface area contributed by atoms with Gasteiger partial charge in [0.15, 0.2) is 5.11 Å². The number of thiocarbonyl (C=S) groups is 1. The molecule has 0 radical (unpaired) electrons. The number of carbonyl (C=O) groups excluding carboxylic acids is 1. The molecule has 3 nitrogen and oxygen atoms in total. The molecule has 0 aromatic heterocycles. The summed E-state index contributed by atoms with van der Waals surface area (Å²) in [7, 11) is 0. The average Bonchev–Trinajstić information content (AvgIpc) is 2.45. The SMILES string of the molecule is CCCCCCN(CCCCCC)C(=S)NC(=O)CCC. The van der Waals surface area contributed by atoms with Crippen molar-refractivity contribution < 1.29 is 4.79 Å². The van der Waals surface area contributed by atoms with Crippen LogP contribution in [0.4, 0.5) is 0 Å². The van der Waals surface area contributed by atoms with Crippen LogP contribution >= 0.6 is 12.2 Å². The van der Waals surface area contributed by atoms with Crippen LogP contribution in [0.1, 0.15) is 85.0 Å². The van der Waals surface area contributed by atoms with Gasteiger partial charge < -0.3 is 10.2 Å². The maximum absolute atomic E-state index is 11.7. The van der Waals surface area contributed by atoms with Crippen LogP contribution in [-0.4, -0.2) is 29.0 Å². The summed E-state index contributed by atoms with van der Waals surface area (Å²) in [5.41, 5.74) is 0. The van der Waals surface area contributed by atoms with Gasteiger partial charge in [0.1, 0.15) is 0 Å². The fraction of sp³-hybridized carbons (Fsp3) is 0.882. The number of nitrogens with zero attached hydrogens (tertiary/aromatic N) is 1. The van der Waals surface area contributed by atoms with Crippen LogP contribution in [0.25, 0.3) is 0 Å². The highest BCUT2D eigenvalue weighted by molar-refractivity contribution is 7.80. The van der Waals surface area contributed by atoms with Crippen LogP contribution < -0.4 is 5.32 Å². The fourth-order valence-electron chi connectivity index (χ4n) is 2.26. The molecule has 0 aromatic rings. The fourth-order valence-corrected chi connectivity index (χ4v) is 2.56. The van der Waals surface area contributed by atoms with E-state index in [0.717, 1.165) is 32.4 Å². The van der Waals surface area contributed by atoms with Gasteiger partial charge >= 0.3 is 0 Å². The molecule has 4 heteroatoms. The Morgan fingerprint density at radius 1 is 0.857 bits per heavy atom. The average molecular weight is 315 g/mol. The van der Waals surface area contributed by atoms with E-state index in [1.54, 1.807) is 0 Å². The Morgan fingerprint density at radius 3 is 1.81 bits per heavy atom. The van der Waals surface area contributed by atoms with Crippen LogP contribution in [0.5, 0.6) is 0 Å². The number of rotatable bonds is 12. The van der Waals surface area contributed by atoms with Gasteiger partial charge in [-0.1, -0.05) is 59.3 Å². The number of unbranched alkanes of at least 4 members (excludes halogenated alkanes) is 6. The Labute approximate surface area is 136 Å². The molecule has 0 bridgehead atoms. The quantitative estimate of drug-likeness (QED) is 0.420. The minimum absolute atomic E-state index is 0.0506. The van der Waals surface area contributed by atoms with Crippen molar-refractivity contribution in [2.75, 3.05) is 13.1 Å². The van der Waals surface area contributed by atoms with Gasteiger partial charge in [0, 0.05) is 19.5 Å². The molecule has 1 N–H and O–H groups in total. The molecule has 0 aliphatic carbocycles. The number of hydrogen-bond donors (Lipinski definition) is 1. The second-order valence-corrected chi connectivity index (χ2v) is 6.10. The lowest BCUT2D eigenvalue weighted by Gasteiger charge is -2.25. The third-order valence-corrected chi connectivity index (χ3v) is 3.93. The molecule has 0 saturated carbocycles. The van der Waals surface area contributed by atoms with E-state index in [1.807, 2.05) is 6.92 Å². The first-order chi connectivity index (χ1) is 10.2. The van der Waals surface area contributed by atoms with Crippen LogP contribution in [0.2, 0.25) is 0 Å². The molecule has 21 heavy (non-hydrogen) atoms. The summed E-state index contributed by atoms with van der Waals surface area (Å²) in [5, 5.41) is 3.51. The highest BCUT2D eigenvalue weighted by Crippen LogP contribution is 2.06. The van der Waals surface area contributed by atoms with Gasteiger partial charge in [-0.2, -0.15) is 0 Å². The zero-order chi connectivity index (χ0) is 15.9. The van der Waals surface area contributed by atoms with Gasteiger partial charge in [-0.3, -0.25) is 4.79 Å². The predicted octanol–water partition coefficient (Wildman–Crippen LogP) is 4.65. The maximum atomic E-state index is 11.7. The van der Waals surface area contributed by atoms with Gasteiger partial charge in [-0.05, 0) is 31.5 Å². The van der Waals surface area contributed by atoms with Gasteiger partial charge in [-0.15, -0.1) is 0 Å². The number of hydrogen-bond acceptors (Lipinski definition) is 2. The summed E-state index contributed by atoms with van der Waals surface area (Å²) in [6.45, 7) is 8.39.